The van der Waals surface area contributed by atoms with E-state index in [1.54, 1.807) is 0 Å². The quantitative estimate of drug-likeness (QED) is 0.100. The lowest BCUT2D eigenvalue weighted by atomic mass is 9.74. The second kappa shape index (κ2) is 22.9. The van der Waals surface area contributed by atoms with Crippen LogP contribution in [0.1, 0.15) is 75.6 Å². The van der Waals surface area contributed by atoms with Gasteiger partial charge in [0, 0.05) is 45.0 Å². The topological polar surface area (TPSA) is 6.48 Å². The Morgan fingerprint density at radius 2 is 0.532 bits per heavy atom. The third kappa shape index (κ3) is 9.06. The zero-order valence-corrected chi connectivity index (χ0v) is 53.7. The second-order valence-corrected chi connectivity index (χ2v) is 26.0. The maximum atomic E-state index is 2.52. The molecule has 0 heterocycles. The first kappa shape index (κ1) is 56.9. The minimum absolute atomic E-state index is 0.0921. The molecule has 450 valence electrons. The van der Waals surface area contributed by atoms with Crippen molar-refractivity contribution < 1.29 is 0 Å². The van der Waals surface area contributed by atoms with E-state index in [4.69, 9.17) is 0 Å². The van der Waals surface area contributed by atoms with Crippen molar-refractivity contribution in [2.45, 2.75) is 64.2 Å². The van der Waals surface area contributed by atoms with Crippen LogP contribution in [0, 0.1) is 0 Å². The van der Waals surface area contributed by atoms with Gasteiger partial charge in [-0.2, -0.15) is 0 Å². The van der Waals surface area contributed by atoms with Gasteiger partial charge >= 0.3 is 0 Å². The SMILES string of the molecule is CCC1(CC)c2ccccc2-c2ccc(N(c3ccccc3)c3ccc4c(-c5ccc(-c6ccc7ccccc7c6)cc5)c(-c5ccc(-c6ccc7ccccc7c6)cc5)c5ccc(N(c6ccccc6)c6ccc7c(c6)C(CC)(CC)c6ccccc6-7)cc5c4c3)cc21. The molecule has 0 N–H and O–H groups in total. The fraction of sp³-hybridized carbons (Fsp3) is 0.109. The smallest absolute Gasteiger partial charge is 0.0468 e. The van der Waals surface area contributed by atoms with E-state index in [9.17, 15) is 0 Å². The van der Waals surface area contributed by atoms with Crippen molar-refractivity contribution in [2.24, 2.45) is 0 Å². The van der Waals surface area contributed by atoms with E-state index in [0.717, 1.165) is 70.9 Å². The highest BCUT2D eigenvalue weighted by Gasteiger charge is 2.42. The van der Waals surface area contributed by atoms with Gasteiger partial charge in [0.1, 0.15) is 0 Å². The van der Waals surface area contributed by atoms with Gasteiger partial charge in [0.25, 0.3) is 0 Å². The Hall–Kier alpha value is -11.1. The normalized spacial score (nSPS) is 13.2. The molecule has 0 spiro atoms. The van der Waals surface area contributed by atoms with Gasteiger partial charge in [0.2, 0.25) is 0 Å². The van der Waals surface area contributed by atoms with Crippen molar-refractivity contribution in [3.05, 3.63) is 338 Å². The molecule has 0 amide bonds. The summed E-state index contributed by atoms with van der Waals surface area (Å²) in [5.74, 6) is 0. The molecule has 0 bridgehead atoms. The fourth-order valence-corrected chi connectivity index (χ4v) is 16.7. The summed E-state index contributed by atoms with van der Waals surface area (Å²) in [6.07, 6.45) is 4.07. The van der Waals surface area contributed by atoms with Crippen LogP contribution in [0.4, 0.5) is 34.1 Å². The standard InChI is InChI=1S/C92H72N2/c1-5-91(6-2)85-33-21-19-31-77(85)79-51-47-75(59-87(79)91)93(71-27-11-9-12-28-71)73-49-53-81-83(57-73)84-58-74(94(72-29-13-10-14-30-72)76-48-52-80-78-32-20-22-34-86(78)92(7-3,8-4)88(80)60-76)50-54-82(84)90(66-43-37-64(38-44-66)70-46-40-62-24-16-18-26-68(62)56-70)89(81)65-41-35-63(36-42-65)69-45-39-61-23-15-17-25-67(61)55-69/h9-60H,5-8H2,1-4H3. The lowest BCUT2D eigenvalue weighted by Gasteiger charge is -2.32. The zero-order valence-electron chi connectivity index (χ0n) is 53.7. The molecule has 0 unspecified atom stereocenters. The van der Waals surface area contributed by atoms with Crippen molar-refractivity contribution in [2.75, 3.05) is 9.80 Å². The van der Waals surface area contributed by atoms with Crippen LogP contribution in [0.2, 0.25) is 0 Å². The Bertz CT molecular complexity index is 5080. The summed E-state index contributed by atoms with van der Waals surface area (Å²) in [5.41, 5.74) is 27.1. The highest BCUT2D eigenvalue weighted by Crippen LogP contribution is 2.57. The molecular formula is C92H72N2. The molecule has 15 aromatic rings. The molecule has 15 aromatic carbocycles. The Morgan fingerprint density at radius 3 is 0.936 bits per heavy atom. The maximum Gasteiger partial charge on any atom is 0.0468 e. The molecule has 0 atom stereocenters. The van der Waals surface area contributed by atoms with Crippen molar-refractivity contribution in [1.82, 2.24) is 0 Å². The molecular weight excluding hydrogens is 1130 g/mol. The van der Waals surface area contributed by atoms with E-state index < -0.39 is 0 Å². The van der Waals surface area contributed by atoms with E-state index >= 15 is 0 Å². The highest BCUT2D eigenvalue weighted by molar-refractivity contribution is 6.23. The molecule has 0 radical (unpaired) electrons. The molecule has 2 aliphatic carbocycles. The van der Waals surface area contributed by atoms with Crippen molar-refractivity contribution in [1.29, 1.82) is 0 Å². The average Bonchev–Trinajstić information content (AvgIpc) is 1.29. The van der Waals surface area contributed by atoms with Gasteiger partial charge in [-0.3, -0.25) is 0 Å². The lowest BCUT2D eigenvalue weighted by Crippen LogP contribution is -2.23. The van der Waals surface area contributed by atoms with Crippen LogP contribution < -0.4 is 9.80 Å². The third-order valence-corrected chi connectivity index (χ3v) is 21.6. The predicted octanol–water partition coefficient (Wildman–Crippen LogP) is 26.1. The van der Waals surface area contributed by atoms with Crippen LogP contribution in [-0.4, -0.2) is 0 Å². The number of nitrogens with zero attached hydrogens (tertiary/aromatic N) is 2. The van der Waals surface area contributed by atoms with Crippen molar-refractivity contribution in [3.8, 4) is 66.8 Å². The van der Waals surface area contributed by atoms with Crippen LogP contribution in [0.3, 0.4) is 0 Å². The molecule has 0 saturated heterocycles. The summed E-state index contributed by atoms with van der Waals surface area (Å²) in [5, 5.41) is 9.69. The van der Waals surface area contributed by atoms with Gasteiger partial charge in [-0.05, 0) is 243 Å². The molecule has 2 aliphatic rings. The first-order chi connectivity index (χ1) is 46.4. The molecule has 2 heteroatoms. The Morgan fingerprint density at radius 1 is 0.213 bits per heavy atom. The minimum Gasteiger partial charge on any atom is -0.310 e. The molecule has 0 saturated carbocycles. The number of rotatable bonds is 14. The van der Waals surface area contributed by atoms with Crippen LogP contribution >= 0.6 is 0 Å². The Balaban J connectivity index is 0.926. The average molecular weight is 1210 g/mol. The zero-order chi connectivity index (χ0) is 63.1. The number of anilines is 6. The monoisotopic (exact) mass is 1200 g/mol. The van der Waals surface area contributed by atoms with E-state index in [2.05, 4.69) is 353 Å². The molecule has 0 fully saturated rings. The summed E-state index contributed by atoms with van der Waals surface area (Å²) in [6, 6.07) is 119. The van der Waals surface area contributed by atoms with E-state index in [-0.39, 0.29) is 10.8 Å². The predicted molar refractivity (Wildman–Crippen MR) is 401 cm³/mol. The first-order valence-corrected chi connectivity index (χ1v) is 33.8. The number of hydrogen-bond acceptors (Lipinski definition) is 2. The summed E-state index contributed by atoms with van der Waals surface area (Å²) >= 11 is 0. The molecule has 0 aromatic heterocycles. The summed E-state index contributed by atoms with van der Waals surface area (Å²) in [6.45, 7) is 9.47. The van der Waals surface area contributed by atoms with Gasteiger partial charge in [-0.15, -0.1) is 0 Å². The van der Waals surface area contributed by atoms with Gasteiger partial charge in [-0.25, -0.2) is 0 Å². The van der Waals surface area contributed by atoms with Gasteiger partial charge in [0.15, 0.2) is 0 Å². The molecule has 94 heavy (non-hydrogen) atoms. The van der Waals surface area contributed by atoms with Crippen LogP contribution in [0.5, 0.6) is 0 Å². The highest BCUT2D eigenvalue weighted by atomic mass is 15.1. The number of hydrogen-bond donors (Lipinski definition) is 0. The van der Waals surface area contributed by atoms with E-state index in [0.29, 0.717) is 0 Å². The van der Waals surface area contributed by atoms with Crippen molar-refractivity contribution >= 4 is 77.2 Å². The lowest BCUT2D eigenvalue weighted by molar-refractivity contribution is 0.490. The minimum atomic E-state index is -0.0921. The number of para-hydroxylation sites is 2. The van der Waals surface area contributed by atoms with Crippen LogP contribution in [0.15, 0.2) is 315 Å². The van der Waals surface area contributed by atoms with Crippen LogP contribution in [0.25, 0.3) is 110 Å². The first-order valence-electron chi connectivity index (χ1n) is 33.8. The Labute approximate surface area is 552 Å². The van der Waals surface area contributed by atoms with Gasteiger partial charge in [-0.1, -0.05) is 258 Å². The second-order valence-electron chi connectivity index (χ2n) is 26.0. The Kier molecular flexibility index (Phi) is 13.9. The summed E-state index contributed by atoms with van der Waals surface area (Å²) in [7, 11) is 0. The molecule has 0 aliphatic heterocycles. The molecule has 17 rings (SSSR count). The van der Waals surface area contributed by atoms with Gasteiger partial charge in [0.05, 0.1) is 0 Å². The third-order valence-electron chi connectivity index (χ3n) is 21.6. The van der Waals surface area contributed by atoms with Crippen LogP contribution in [-0.2, 0) is 10.8 Å². The van der Waals surface area contributed by atoms with E-state index in [1.807, 2.05) is 0 Å². The fourth-order valence-electron chi connectivity index (χ4n) is 16.7. The van der Waals surface area contributed by atoms with Gasteiger partial charge < -0.3 is 9.80 Å². The summed E-state index contributed by atoms with van der Waals surface area (Å²) in [4.78, 5) is 5.00. The summed E-state index contributed by atoms with van der Waals surface area (Å²) < 4.78 is 0. The van der Waals surface area contributed by atoms with Crippen molar-refractivity contribution in [3.63, 3.8) is 0 Å². The molecule has 2 nitrogen and oxygen atoms in total. The number of fused-ring (bicyclic) bond motifs is 11. The largest absolute Gasteiger partial charge is 0.310 e. The van der Waals surface area contributed by atoms with E-state index in [1.165, 1.54) is 121 Å². The maximum absolute atomic E-state index is 2.52. The number of benzene rings is 15.